The Kier molecular flexibility index (Phi) is 4.23. The average Bonchev–Trinajstić information content (AvgIpc) is 3.17. The van der Waals surface area contributed by atoms with Crippen LogP contribution in [0, 0.1) is 6.92 Å². The van der Waals surface area contributed by atoms with E-state index in [-0.39, 0.29) is 5.91 Å². The van der Waals surface area contributed by atoms with Crippen molar-refractivity contribution < 1.29 is 4.79 Å². The third-order valence-corrected chi connectivity index (χ3v) is 3.53. The Bertz CT molecular complexity index is 818. The third-order valence-electron chi connectivity index (χ3n) is 3.53. The molecule has 23 heavy (non-hydrogen) atoms. The van der Waals surface area contributed by atoms with Gasteiger partial charge in [-0.15, -0.1) is 0 Å². The smallest absolute Gasteiger partial charge is 0.255 e. The maximum atomic E-state index is 12.2. The fourth-order valence-corrected chi connectivity index (χ4v) is 2.35. The van der Waals surface area contributed by atoms with Crippen molar-refractivity contribution in [1.82, 2.24) is 19.6 Å². The molecule has 6 heteroatoms. The highest BCUT2D eigenvalue weighted by Gasteiger charge is 2.08. The summed E-state index contributed by atoms with van der Waals surface area (Å²) in [5, 5.41) is 11.4. The fraction of sp³-hybridized carbons (Fsp3) is 0.235. The summed E-state index contributed by atoms with van der Waals surface area (Å²) < 4.78 is 3.65. The molecule has 0 aliphatic carbocycles. The molecule has 0 unspecified atom stereocenters. The third kappa shape index (κ3) is 3.66. The van der Waals surface area contributed by atoms with E-state index in [0.717, 1.165) is 17.7 Å². The van der Waals surface area contributed by atoms with E-state index in [1.54, 1.807) is 16.9 Å². The van der Waals surface area contributed by atoms with Crippen LogP contribution < -0.4 is 5.32 Å². The Morgan fingerprint density at radius 1 is 1.17 bits per heavy atom. The van der Waals surface area contributed by atoms with Crippen molar-refractivity contribution in [3.63, 3.8) is 0 Å². The fourth-order valence-electron chi connectivity index (χ4n) is 2.35. The van der Waals surface area contributed by atoms with Gasteiger partial charge in [-0.3, -0.25) is 14.2 Å². The zero-order chi connectivity index (χ0) is 16.2. The Hall–Kier alpha value is -2.89. The summed E-state index contributed by atoms with van der Waals surface area (Å²) in [5.41, 5.74) is 3.45. The van der Waals surface area contributed by atoms with Crippen LogP contribution in [0.25, 0.3) is 0 Å². The highest BCUT2D eigenvalue weighted by molar-refractivity contribution is 6.04. The number of nitrogens with one attached hydrogen (secondary N) is 1. The van der Waals surface area contributed by atoms with Crippen LogP contribution in [0.2, 0.25) is 0 Å². The van der Waals surface area contributed by atoms with Crippen LogP contribution in [0.3, 0.4) is 0 Å². The predicted molar refractivity (Wildman–Crippen MR) is 88.4 cm³/mol. The molecule has 1 aromatic carbocycles. The monoisotopic (exact) mass is 309 g/mol. The summed E-state index contributed by atoms with van der Waals surface area (Å²) in [6.07, 6.45) is 7.29. The van der Waals surface area contributed by atoms with Crippen molar-refractivity contribution in [3.8, 4) is 0 Å². The molecule has 0 radical (unpaired) electrons. The van der Waals surface area contributed by atoms with E-state index < -0.39 is 0 Å². The van der Waals surface area contributed by atoms with Gasteiger partial charge in [0.25, 0.3) is 5.91 Å². The van der Waals surface area contributed by atoms with Crippen molar-refractivity contribution in [2.75, 3.05) is 5.32 Å². The number of rotatable bonds is 5. The van der Waals surface area contributed by atoms with Crippen LogP contribution in [0.15, 0.2) is 49.1 Å². The van der Waals surface area contributed by atoms with E-state index in [1.165, 1.54) is 0 Å². The maximum Gasteiger partial charge on any atom is 0.255 e. The van der Waals surface area contributed by atoms with Crippen LogP contribution in [0.5, 0.6) is 0 Å². The lowest BCUT2D eigenvalue weighted by Gasteiger charge is -2.03. The van der Waals surface area contributed by atoms with Gasteiger partial charge in [0.2, 0.25) is 0 Å². The minimum Gasteiger partial charge on any atom is -0.319 e. The minimum absolute atomic E-state index is 0.132. The SMILES string of the molecule is CCn1cc(Cn2cc(NC(=O)c3cccc(C)c3)cn2)cn1. The first kappa shape index (κ1) is 15.0. The van der Waals surface area contributed by atoms with Crippen LogP contribution in [0.1, 0.15) is 28.4 Å². The molecule has 1 amide bonds. The van der Waals surface area contributed by atoms with Gasteiger partial charge in [0.05, 0.1) is 24.6 Å². The lowest BCUT2D eigenvalue weighted by molar-refractivity contribution is 0.102. The van der Waals surface area contributed by atoms with Crippen LogP contribution >= 0.6 is 0 Å². The molecule has 1 N–H and O–H groups in total. The van der Waals surface area contributed by atoms with Gasteiger partial charge in [0.15, 0.2) is 0 Å². The number of aromatic nitrogens is 4. The number of aryl methyl sites for hydroxylation is 2. The molecule has 0 saturated carbocycles. The van der Waals surface area contributed by atoms with Crippen molar-refractivity contribution in [3.05, 3.63) is 65.7 Å². The number of amides is 1. The Balaban J connectivity index is 1.66. The van der Waals surface area contributed by atoms with Crippen molar-refractivity contribution >= 4 is 11.6 Å². The van der Waals surface area contributed by atoms with Gasteiger partial charge in [-0.1, -0.05) is 17.7 Å². The summed E-state index contributed by atoms with van der Waals surface area (Å²) in [7, 11) is 0. The van der Waals surface area contributed by atoms with Gasteiger partial charge in [-0.2, -0.15) is 10.2 Å². The number of carbonyl (C=O) groups excluding carboxylic acids is 1. The van der Waals surface area contributed by atoms with Crippen molar-refractivity contribution in [2.24, 2.45) is 0 Å². The molecule has 2 heterocycles. The van der Waals surface area contributed by atoms with Crippen LogP contribution in [0.4, 0.5) is 5.69 Å². The molecule has 0 saturated heterocycles. The molecule has 3 aromatic rings. The van der Waals surface area contributed by atoms with Gasteiger partial charge in [0, 0.05) is 30.1 Å². The summed E-state index contributed by atoms with van der Waals surface area (Å²) in [4.78, 5) is 12.2. The number of hydrogen-bond acceptors (Lipinski definition) is 3. The normalized spacial score (nSPS) is 10.7. The zero-order valence-corrected chi connectivity index (χ0v) is 13.2. The molecular weight excluding hydrogens is 290 g/mol. The lowest BCUT2D eigenvalue weighted by atomic mass is 10.1. The molecule has 0 bridgehead atoms. The van der Waals surface area contributed by atoms with E-state index in [2.05, 4.69) is 15.5 Å². The van der Waals surface area contributed by atoms with E-state index in [9.17, 15) is 4.79 Å². The summed E-state index contributed by atoms with van der Waals surface area (Å²) >= 11 is 0. The molecule has 6 nitrogen and oxygen atoms in total. The molecule has 3 rings (SSSR count). The topological polar surface area (TPSA) is 64.7 Å². The second kappa shape index (κ2) is 6.48. The molecule has 0 aliphatic rings. The number of benzene rings is 1. The number of nitrogens with zero attached hydrogens (tertiary/aromatic N) is 4. The van der Waals surface area contributed by atoms with Gasteiger partial charge in [0.1, 0.15) is 0 Å². The van der Waals surface area contributed by atoms with Crippen LogP contribution in [-0.4, -0.2) is 25.5 Å². The van der Waals surface area contributed by atoms with Gasteiger partial charge < -0.3 is 5.32 Å². The molecule has 0 fully saturated rings. The first-order valence-electron chi connectivity index (χ1n) is 7.56. The summed E-state index contributed by atoms with van der Waals surface area (Å²) in [5.74, 6) is -0.132. The second-order valence-electron chi connectivity index (χ2n) is 5.45. The van der Waals surface area contributed by atoms with Crippen LogP contribution in [-0.2, 0) is 13.1 Å². The van der Waals surface area contributed by atoms with Gasteiger partial charge in [-0.05, 0) is 26.0 Å². The van der Waals surface area contributed by atoms with Gasteiger partial charge in [-0.25, -0.2) is 0 Å². The second-order valence-corrected chi connectivity index (χ2v) is 5.45. The Labute approximate surface area is 134 Å². The van der Waals surface area contributed by atoms with E-state index in [4.69, 9.17) is 0 Å². The summed E-state index contributed by atoms with van der Waals surface area (Å²) in [6, 6.07) is 7.50. The number of hydrogen-bond donors (Lipinski definition) is 1. The Morgan fingerprint density at radius 3 is 2.74 bits per heavy atom. The summed E-state index contributed by atoms with van der Waals surface area (Å²) in [6.45, 7) is 5.48. The van der Waals surface area contributed by atoms with Crippen molar-refractivity contribution in [1.29, 1.82) is 0 Å². The molecule has 0 aliphatic heterocycles. The molecule has 2 aromatic heterocycles. The standard InChI is InChI=1S/C17H19N5O/c1-3-21-10-14(8-18-21)11-22-12-16(9-19-22)20-17(23)15-6-4-5-13(2)7-15/h4-10,12H,3,11H2,1-2H3,(H,20,23). The molecule has 118 valence electrons. The highest BCUT2D eigenvalue weighted by atomic mass is 16.1. The highest BCUT2D eigenvalue weighted by Crippen LogP contribution is 2.11. The largest absolute Gasteiger partial charge is 0.319 e. The maximum absolute atomic E-state index is 12.2. The molecule has 0 spiro atoms. The molecular formula is C17H19N5O. The number of anilines is 1. The lowest BCUT2D eigenvalue weighted by Crippen LogP contribution is -2.11. The van der Waals surface area contributed by atoms with E-state index in [0.29, 0.717) is 17.8 Å². The predicted octanol–water partition coefficient (Wildman–Crippen LogP) is 2.71. The Morgan fingerprint density at radius 2 is 2.00 bits per heavy atom. The van der Waals surface area contributed by atoms with Crippen molar-refractivity contribution in [2.45, 2.75) is 26.9 Å². The average molecular weight is 309 g/mol. The van der Waals surface area contributed by atoms with E-state index in [1.807, 2.05) is 55.3 Å². The quantitative estimate of drug-likeness (QED) is 0.788. The van der Waals surface area contributed by atoms with Gasteiger partial charge >= 0.3 is 0 Å². The minimum atomic E-state index is -0.132. The van der Waals surface area contributed by atoms with E-state index >= 15 is 0 Å². The molecule has 0 atom stereocenters. The zero-order valence-electron chi connectivity index (χ0n) is 13.2. The first-order valence-corrected chi connectivity index (χ1v) is 7.56. The number of carbonyl (C=O) groups is 1. The first-order chi connectivity index (χ1) is 11.1.